The first-order chi connectivity index (χ1) is 15.9. The van der Waals surface area contributed by atoms with E-state index in [9.17, 15) is 4.79 Å². The number of carbonyl (C=O) groups is 1. The van der Waals surface area contributed by atoms with E-state index in [2.05, 4.69) is 46.3 Å². The number of anilines is 1. The predicted octanol–water partition coefficient (Wildman–Crippen LogP) is 4.77. The Labute approximate surface area is 201 Å². The molecule has 172 valence electrons. The van der Waals surface area contributed by atoms with Gasteiger partial charge < -0.3 is 4.74 Å². The number of thiazole rings is 1. The quantitative estimate of drug-likeness (QED) is 0.429. The van der Waals surface area contributed by atoms with Crippen molar-refractivity contribution in [2.24, 2.45) is 0 Å². The Bertz CT molecular complexity index is 1250. The molecule has 5 rings (SSSR count). The summed E-state index contributed by atoms with van der Waals surface area (Å²) >= 11 is 2.94. The zero-order valence-electron chi connectivity index (χ0n) is 18.9. The molecular formula is C24H27N5O2S2. The minimum Gasteiger partial charge on any atom is -0.373 e. The standard InChI is InChI=1S/C24H27N5O2S2/c1-15-10-28(11-16(2)31-15)13-19-14-32-24(25-19)26-22(30)21-9-20-17(3)27-29(23(20)33-21)12-18-7-5-4-6-8-18/h4-9,14-16H,10-13H2,1-3H3,(H,25,26,30). The lowest BCUT2D eigenvalue weighted by atomic mass is 10.2. The van der Waals surface area contributed by atoms with Crippen molar-refractivity contribution in [1.82, 2.24) is 19.7 Å². The molecule has 0 saturated carbocycles. The predicted molar refractivity (Wildman–Crippen MR) is 133 cm³/mol. The van der Waals surface area contributed by atoms with Crippen molar-refractivity contribution in [3.05, 3.63) is 63.6 Å². The number of nitrogens with zero attached hydrogens (tertiary/aromatic N) is 4. The monoisotopic (exact) mass is 481 g/mol. The Kier molecular flexibility index (Phi) is 6.29. The molecule has 0 aliphatic carbocycles. The van der Waals surface area contributed by atoms with Gasteiger partial charge in [-0.3, -0.25) is 19.7 Å². The first-order valence-corrected chi connectivity index (χ1v) is 12.8. The third-order valence-electron chi connectivity index (χ3n) is 5.66. The van der Waals surface area contributed by atoms with Crippen LogP contribution in [0.4, 0.5) is 5.13 Å². The van der Waals surface area contributed by atoms with Crippen molar-refractivity contribution in [2.45, 2.75) is 46.1 Å². The molecule has 2 atom stereocenters. The average molecular weight is 482 g/mol. The third-order valence-corrected chi connectivity index (χ3v) is 7.61. The summed E-state index contributed by atoms with van der Waals surface area (Å²) in [5, 5.41) is 11.3. The fraction of sp³-hybridized carbons (Fsp3) is 0.375. The molecule has 33 heavy (non-hydrogen) atoms. The topological polar surface area (TPSA) is 72.3 Å². The molecule has 1 aromatic carbocycles. The summed E-state index contributed by atoms with van der Waals surface area (Å²) in [4.78, 5) is 21.6. The molecule has 4 heterocycles. The van der Waals surface area contributed by atoms with Gasteiger partial charge in [-0.2, -0.15) is 5.10 Å². The molecule has 1 N–H and O–H groups in total. The number of benzene rings is 1. The van der Waals surface area contributed by atoms with Crippen LogP contribution in [-0.4, -0.2) is 50.9 Å². The zero-order chi connectivity index (χ0) is 22.9. The first kappa shape index (κ1) is 22.2. The third kappa shape index (κ3) is 5.01. The molecule has 9 heteroatoms. The number of fused-ring (bicyclic) bond motifs is 1. The maximum Gasteiger partial charge on any atom is 0.267 e. The number of morpholine rings is 1. The van der Waals surface area contributed by atoms with Gasteiger partial charge in [0.05, 0.1) is 35.0 Å². The van der Waals surface area contributed by atoms with Crippen molar-refractivity contribution >= 4 is 43.9 Å². The SMILES string of the molecule is Cc1nn(Cc2ccccc2)c2sc(C(=O)Nc3nc(CN4CC(C)OC(C)C4)cs3)cc12. The van der Waals surface area contributed by atoms with E-state index in [-0.39, 0.29) is 18.1 Å². The zero-order valence-corrected chi connectivity index (χ0v) is 20.6. The van der Waals surface area contributed by atoms with E-state index in [1.54, 1.807) is 0 Å². The van der Waals surface area contributed by atoms with Gasteiger partial charge in [-0.1, -0.05) is 30.3 Å². The van der Waals surface area contributed by atoms with Crippen LogP contribution in [0, 0.1) is 6.92 Å². The second kappa shape index (κ2) is 9.34. The Hall–Kier alpha value is -2.59. The van der Waals surface area contributed by atoms with Gasteiger partial charge in [-0.05, 0) is 32.4 Å². The molecule has 1 amide bonds. The number of thiophene rings is 1. The van der Waals surface area contributed by atoms with Crippen LogP contribution < -0.4 is 5.32 Å². The number of aryl methyl sites for hydroxylation is 1. The summed E-state index contributed by atoms with van der Waals surface area (Å²) in [6, 6.07) is 12.2. The van der Waals surface area contributed by atoms with Crippen molar-refractivity contribution < 1.29 is 9.53 Å². The van der Waals surface area contributed by atoms with E-state index in [1.807, 2.05) is 41.3 Å². The summed E-state index contributed by atoms with van der Waals surface area (Å²) in [6.07, 6.45) is 0.446. The van der Waals surface area contributed by atoms with Crippen molar-refractivity contribution in [3.8, 4) is 0 Å². The van der Waals surface area contributed by atoms with Crippen LogP contribution in [0.15, 0.2) is 41.8 Å². The smallest absolute Gasteiger partial charge is 0.267 e. The van der Waals surface area contributed by atoms with Crippen LogP contribution in [0.5, 0.6) is 0 Å². The van der Waals surface area contributed by atoms with Gasteiger partial charge in [0, 0.05) is 30.4 Å². The summed E-state index contributed by atoms with van der Waals surface area (Å²) in [5.41, 5.74) is 3.09. The first-order valence-electron chi connectivity index (χ1n) is 11.1. The molecule has 1 fully saturated rings. The number of hydrogen-bond donors (Lipinski definition) is 1. The minimum absolute atomic E-state index is 0.128. The Morgan fingerprint density at radius 2 is 1.94 bits per heavy atom. The number of nitrogens with one attached hydrogen (secondary N) is 1. The molecule has 0 spiro atoms. The molecule has 4 aromatic rings. The molecule has 7 nitrogen and oxygen atoms in total. The van der Waals surface area contributed by atoms with E-state index in [0.717, 1.165) is 41.2 Å². The maximum absolute atomic E-state index is 13.0. The van der Waals surface area contributed by atoms with Gasteiger partial charge in [-0.15, -0.1) is 22.7 Å². The highest BCUT2D eigenvalue weighted by molar-refractivity contribution is 7.20. The Morgan fingerprint density at radius 1 is 1.18 bits per heavy atom. The molecular weight excluding hydrogens is 454 g/mol. The van der Waals surface area contributed by atoms with E-state index >= 15 is 0 Å². The van der Waals surface area contributed by atoms with Crippen LogP contribution >= 0.6 is 22.7 Å². The van der Waals surface area contributed by atoms with Crippen LogP contribution in [0.3, 0.4) is 0 Å². The summed E-state index contributed by atoms with van der Waals surface area (Å²) < 4.78 is 7.79. The molecule has 0 radical (unpaired) electrons. The lowest BCUT2D eigenvalue weighted by molar-refractivity contribution is -0.0707. The van der Waals surface area contributed by atoms with Crippen molar-refractivity contribution in [2.75, 3.05) is 18.4 Å². The second-order valence-electron chi connectivity index (χ2n) is 8.61. The number of ether oxygens (including phenoxy) is 1. The van der Waals surface area contributed by atoms with E-state index in [0.29, 0.717) is 16.6 Å². The van der Waals surface area contributed by atoms with Crippen LogP contribution in [0.25, 0.3) is 10.2 Å². The molecule has 1 saturated heterocycles. The van der Waals surface area contributed by atoms with Gasteiger partial charge in [0.25, 0.3) is 5.91 Å². The van der Waals surface area contributed by atoms with Crippen molar-refractivity contribution in [3.63, 3.8) is 0 Å². The van der Waals surface area contributed by atoms with Gasteiger partial charge in [-0.25, -0.2) is 4.98 Å². The number of rotatable bonds is 6. The highest BCUT2D eigenvalue weighted by atomic mass is 32.1. The van der Waals surface area contributed by atoms with Gasteiger partial charge in [0.1, 0.15) is 4.83 Å². The number of carbonyl (C=O) groups excluding carboxylic acids is 1. The fourth-order valence-corrected chi connectivity index (χ4v) is 6.08. The molecule has 1 aliphatic heterocycles. The molecule has 0 bridgehead atoms. The van der Waals surface area contributed by atoms with Crippen LogP contribution in [0.2, 0.25) is 0 Å². The highest BCUT2D eigenvalue weighted by Gasteiger charge is 2.23. The second-order valence-corrected chi connectivity index (χ2v) is 10.5. The van der Waals surface area contributed by atoms with Gasteiger partial charge in [0.15, 0.2) is 5.13 Å². The van der Waals surface area contributed by atoms with Crippen LogP contribution in [0.1, 0.15) is 40.5 Å². The Balaban J connectivity index is 1.27. The van der Waals surface area contributed by atoms with Gasteiger partial charge >= 0.3 is 0 Å². The highest BCUT2D eigenvalue weighted by Crippen LogP contribution is 2.30. The maximum atomic E-state index is 13.0. The molecule has 2 unspecified atom stereocenters. The summed E-state index contributed by atoms with van der Waals surface area (Å²) in [7, 11) is 0. The lowest BCUT2D eigenvalue weighted by Gasteiger charge is -2.34. The normalized spacial score (nSPS) is 19.2. The minimum atomic E-state index is -0.128. The van der Waals surface area contributed by atoms with Gasteiger partial charge in [0.2, 0.25) is 0 Å². The van der Waals surface area contributed by atoms with E-state index < -0.39 is 0 Å². The summed E-state index contributed by atoms with van der Waals surface area (Å²) in [6.45, 7) is 9.42. The lowest BCUT2D eigenvalue weighted by Crippen LogP contribution is -2.44. The van der Waals surface area contributed by atoms with E-state index in [1.165, 1.54) is 28.2 Å². The fourth-order valence-electron chi connectivity index (χ4n) is 4.33. The van der Waals surface area contributed by atoms with E-state index in [4.69, 9.17) is 4.74 Å². The number of aromatic nitrogens is 3. The van der Waals surface area contributed by atoms with Crippen molar-refractivity contribution in [1.29, 1.82) is 0 Å². The van der Waals surface area contributed by atoms with Crippen LogP contribution in [-0.2, 0) is 17.8 Å². The molecule has 1 aliphatic rings. The number of amides is 1. The molecule has 3 aromatic heterocycles. The Morgan fingerprint density at radius 3 is 2.70 bits per heavy atom. The summed E-state index contributed by atoms with van der Waals surface area (Å²) in [5.74, 6) is -0.128. The largest absolute Gasteiger partial charge is 0.373 e. The average Bonchev–Trinajstić information content (AvgIpc) is 3.46. The number of hydrogen-bond acceptors (Lipinski definition) is 7.